The molecule has 0 saturated heterocycles. The van der Waals surface area contributed by atoms with Gasteiger partial charge < -0.3 is 5.73 Å². The summed E-state index contributed by atoms with van der Waals surface area (Å²) >= 11 is 1.53. The Balaban J connectivity index is 1.86. The van der Waals surface area contributed by atoms with E-state index in [2.05, 4.69) is 10.3 Å². The topological polar surface area (TPSA) is 56.7 Å². The summed E-state index contributed by atoms with van der Waals surface area (Å²) in [6, 6.07) is 6.66. The van der Waals surface area contributed by atoms with Gasteiger partial charge in [-0.1, -0.05) is 11.3 Å². The lowest BCUT2D eigenvalue weighted by Gasteiger charge is -2.05. The highest BCUT2D eigenvalue weighted by atomic mass is 32.1. The minimum absolute atomic E-state index is 0.142. The standard InChI is InChI=1S/C13H13FN4S/c1-18-7-10(16-17-18)6-11(15)13-4-8-2-3-9(14)5-12(8)19-13/h2-5,7,11H,6,15H2,1H3. The zero-order valence-electron chi connectivity index (χ0n) is 10.4. The molecular weight excluding hydrogens is 263 g/mol. The molecule has 0 aliphatic heterocycles. The SMILES string of the molecule is Cn1cc(CC(N)c2cc3ccc(F)cc3s2)nn1. The summed E-state index contributed by atoms with van der Waals surface area (Å²) in [5.74, 6) is -0.219. The predicted molar refractivity (Wildman–Crippen MR) is 73.4 cm³/mol. The summed E-state index contributed by atoms with van der Waals surface area (Å²) in [6.07, 6.45) is 2.48. The molecule has 0 bridgehead atoms. The summed E-state index contributed by atoms with van der Waals surface area (Å²) in [7, 11) is 1.82. The van der Waals surface area contributed by atoms with Gasteiger partial charge in [0.15, 0.2) is 0 Å². The maximum absolute atomic E-state index is 13.2. The molecule has 0 radical (unpaired) electrons. The smallest absolute Gasteiger partial charge is 0.124 e. The van der Waals surface area contributed by atoms with E-state index in [9.17, 15) is 4.39 Å². The van der Waals surface area contributed by atoms with Gasteiger partial charge >= 0.3 is 0 Å². The molecule has 6 heteroatoms. The molecule has 2 heterocycles. The Hall–Kier alpha value is -1.79. The number of hydrogen-bond donors (Lipinski definition) is 1. The van der Waals surface area contributed by atoms with Gasteiger partial charge in [0, 0.05) is 35.3 Å². The molecule has 3 rings (SSSR count). The van der Waals surface area contributed by atoms with Crippen LogP contribution in [0.4, 0.5) is 4.39 Å². The molecule has 0 aliphatic carbocycles. The maximum Gasteiger partial charge on any atom is 0.124 e. The highest BCUT2D eigenvalue weighted by Crippen LogP contribution is 2.30. The van der Waals surface area contributed by atoms with Crippen molar-refractivity contribution in [3.63, 3.8) is 0 Å². The molecule has 98 valence electrons. The van der Waals surface area contributed by atoms with Crippen LogP contribution in [0.15, 0.2) is 30.5 Å². The molecule has 2 N–H and O–H groups in total. The molecule has 4 nitrogen and oxygen atoms in total. The number of aromatic nitrogens is 3. The first-order valence-corrected chi connectivity index (χ1v) is 6.73. The molecular formula is C13H13FN4S. The molecule has 0 aliphatic rings. The average Bonchev–Trinajstić information content (AvgIpc) is 2.95. The number of nitrogens with two attached hydrogens (primary N) is 1. The molecule has 3 aromatic rings. The number of benzene rings is 1. The number of thiophene rings is 1. The molecule has 1 unspecified atom stereocenters. The van der Waals surface area contributed by atoms with E-state index < -0.39 is 0 Å². The third-order valence-electron chi connectivity index (χ3n) is 2.95. The molecule has 1 aromatic carbocycles. The quantitative estimate of drug-likeness (QED) is 0.799. The van der Waals surface area contributed by atoms with E-state index in [-0.39, 0.29) is 11.9 Å². The Kier molecular flexibility index (Phi) is 3.04. The monoisotopic (exact) mass is 276 g/mol. The summed E-state index contributed by atoms with van der Waals surface area (Å²) in [5.41, 5.74) is 7.04. The summed E-state index contributed by atoms with van der Waals surface area (Å²) in [4.78, 5) is 1.03. The second-order valence-corrected chi connectivity index (χ2v) is 5.64. The molecule has 2 aromatic heterocycles. The van der Waals surface area contributed by atoms with Gasteiger partial charge in [0.1, 0.15) is 5.82 Å². The van der Waals surface area contributed by atoms with E-state index in [1.807, 2.05) is 19.3 Å². The highest BCUT2D eigenvalue weighted by Gasteiger charge is 2.13. The third-order valence-corrected chi connectivity index (χ3v) is 4.18. The van der Waals surface area contributed by atoms with Crippen molar-refractivity contribution in [2.45, 2.75) is 12.5 Å². The summed E-state index contributed by atoms with van der Waals surface area (Å²) in [5, 5.41) is 8.93. The van der Waals surface area contributed by atoms with E-state index >= 15 is 0 Å². The van der Waals surface area contributed by atoms with Crippen molar-refractivity contribution in [2.75, 3.05) is 0 Å². The van der Waals surface area contributed by atoms with Gasteiger partial charge in [0.25, 0.3) is 0 Å². The Bertz CT molecular complexity index is 718. The van der Waals surface area contributed by atoms with Crippen LogP contribution in [0.1, 0.15) is 16.6 Å². The first-order chi connectivity index (χ1) is 9.11. The first kappa shape index (κ1) is 12.3. The number of rotatable bonds is 3. The molecule has 0 saturated carbocycles. The van der Waals surface area contributed by atoms with Crippen LogP contribution in [0.5, 0.6) is 0 Å². The van der Waals surface area contributed by atoms with Crippen molar-refractivity contribution in [3.8, 4) is 0 Å². The van der Waals surface area contributed by atoms with E-state index in [0.717, 1.165) is 20.7 Å². The number of hydrogen-bond acceptors (Lipinski definition) is 4. The van der Waals surface area contributed by atoms with Gasteiger partial charge in [0.2, 0.25) is 0 Å². The summed E-state index contributed by atoms with van der Waals surface area (Å²) < 4.78 is 15.7. The fourth-order valence-corrected chi connectivity index (χ4v) is 3.11. The molecule has 0 fully saturated rings. The van der Waals surface area contributed by atoms with E-state index in [1.165, 1.54) is 17.4 Å². The number of fused-ring (bicyclic) bond motifs is 1. The number of nitrogens with zero attached hydrogens (tertiary/aromatic N) is 3. The van der Waals surface area contributed by atoms with Crippen LogP contribution in [0, 0.1) is 5.82 Å². The predicted octanol–water partition coefficient (Wildman–Crippen LogP) is 2.41. The van der Waals surface area contributed by atoms with Gasteiger partial charge in [-0.25, -0.2) is 4.39 Å². The second kappa shape index (κ2) is 4.71. The maximum atomic E-state index is 13.2. The zero-order chi connectivity index (χ0) is 13.4. The van der Waals surface area contributed by atoms with Crippen molar-refractivity contribution in [1.82, 2.24) is 15.0 Å². The zero-order valence-corrected chi connectivity index (χ0v) is 11.2. The lowest BCUT2D eigenvalue weighted by Crippen LogP contribution is -2.11. The van der Waals surface area contributed by atoms with Crippen molar-refractivity contribution in [3.05, 3.63) is 46.9 Å². The lowest BCUT2D eigenvalue weighted by atomic mass is 10.1. The van der Waals surface area contributed by atoms with Crippen LogP contribution in [-0.2, 0) is 13.5 Å². The van der Waals surface area contributed by atoms with Crippen LogP contribution in [-0.4, -0.2) is 15.0 Å². The number of halogens is 1. The fraction of sp³-hybridized carbons (Fsp3) is 0.231. The molecule has 0 amide bonds. The Morgan fingerprint density at radius 1 is 1.42 bits per heavy atom. The van der Waals surface area contributed by atoms with E-state index in [4.69, 9.17) is 5.73 Å². The second-order valence-electron chi connectivity index (χ2n) is 4.53. The molecule has 1 atom stereocenters. The van der Waals surface area contributed by atoms with Crippen molar-refractivity contribution >= 4 is 21.4 Å². The Morgan fingerprint density at radius 3 is 3.00 bits per heavy atom. The first-order valence-electron chi connectivity index (χ1n) is 5.91. The Morgan fingerprint density at radius 2 is 2.26 bits per heavy atom. The third kappa shape index (κ3) is 2.50. The summed E-state index contributed by atoms with van der Waals surface area (Å²) in [6.45, 7) is 0. The van der Waals surface area contributed by atoms with Crippen molar-refractivity contribution in [2.24, 2.45) is 12.8 Å². The van der Waals surface area contributed by atoms with Gasteiger partial charge in [0.05, 0.1) is 5.69 Å². The largest absolute Gasteiger partial charge is 0.323 e. The van der Waals surface area contributed by atoms with Crippen LogP contribution < -0.4 is 5.73 Å². The van der Waals surface area contributed by atoms with Gasteiger partial charge in [-0.3, -0.25) is 4.68 Å². The van der Waals surface area contributed by atoms with Crippen LogP contribution in [0.3, 0.4) is 0 Å². The van der Waals surface area contributed by atoms with Crippen molar-refractivity contribution < 1.29 is 4.39 Å². The average molecular weight is 276 g/mol. The fourth-order valence-electron chi connectivity index (χ4n) is 2.02. The van der Waals surface area contributed by atoms with Crippen LogP contribution in [0.2, 0.25) is 0 Å². The lowest BCUT2D eigenvalue weighted by molar-refractivity contribution is 0.630. The van der Waals surface area contributed by atoms with Crippen LogP contribution in [0.25, 0.3) is 10.1 Å². The Labute approximate surface area is 113 Å². The van der Waals surface area contributed by atoms with E-state index in [0.29, 0.717) is 6.42 Å². The van der Waals surface area contributed by atoms with Crippen LogP contribution >= 0.6 is 11.3 Å². The van der Waals surface area contributed by atoms with Crippen molar-refractivity contribution in [1.29, 1.82) is 0 Å². The highest BCUT2D eigenvalue weighted by molar-refractivity contribution is 7.19. The van der Waals surface area contributed by atoms with E-state index in [1.54, 1.807) is 16.8 Å². The van der Waals surface area contributed by atoms with Gasteiger partial charge in [-0.05, 0) is 23.6 Å². The molecule has 0 spiro atoms. The number of aryl methyl sites for hydroxylation is 1. The minimum Gasteiger partial charge on any atom is -0.323 e. The van der Waals surface area contributed by atoms with Gasteiger partial charge in [-0.15, -0.1) is 16.4 Å². The normalized spacial score (nSPS) is 13.0. The minimum atomic E-state index is -0.219. The molecule has 19 heavy (non-hydrogen) atoms. The van der Waals surface area contributed by atoms with Gasteiger partial charge in [-0.2, -0.15) is 0 Å².